The number of rotatable bonds is 10. The van der Waals surface area contributed by atoms with Crippen LogP contribution in [0.5, 0.6) is 0 Å². The minimum Gasteiger partial charge on any atom is -1.00 e. The monoisotopic (exact) mass is 802 g/mol. The van der Waals surface area contributed by atoms with E-state index in [2.05, 4.69) is 10.3 Å². The molecule has 0 fully saturated rings. The van der Waals surface area contributed by atoms with Gasteiger partial charge in [0, 0.05) is 46.5 Å². The lowest BCUT2D eigenvalue weighted by molar-refractivity contribution is -0.688. The summed E-state index contributed by atoms with van der Waals surface area (Å²) in [6, 6.07) is 26.4. The van der Waals surface area contributed by atoms with Crippen LogP contribution in [-0.4, -0.2) is 29.9 Å². The number of benzene rings is 3. The summed E-state index contributed by atoms with van der Waals surface area (Å²) in [4.78, 5) is 36.7. The Kier molecular flexibility index (Phi) is 11.8. The van der Waals surface area contributed by atoms with E-state index < -0.39 is 15.2 Å². The molecule has 4 N–H and O–H groups in total. The summed E-state index contributed by atoms with van der Waals surface area (Å²) in [5.41, 5.74) is 8.19. The van der Waals surface area contributed by atoms with Gasteiger partial charge in [0.15, 0.2) is 37.9 Å². The molecule has 3 heterocycles. The molecule has 0 saturated heterocycles. The van der Waals surface area contributed by atoms with Gasteiger partial charge in [-0.05, 0) is 32.6 Å². The average Bonchev–Trinajstić information content (AvgIpc) is 3.49. The minimum atomic E-state index is -4.10. The maximum atomic E-state index is 11.2. The predicted molar refractivity (Wildman–Crippen MR) is 166 cm³/mol. The molecule has 3 aromatic carbocycles. The third kappa shape index (κ3) is 9.59. The summed E-state index contributed by atoms with van der Waals surface area (Å²) in [5, 5.41) is 8.41. The molecule has 0 aliphatic rings. The van der Waals surface area contributed by atoms with Crippen molar-refractivity contribution < 1.29 is 76.4 Å². The number of halogens is 2. The van der Waals surface area contributed by atoms with Crippen molar-refractivity contribution in [2.24, 2.45) is 0 Å². The first-order chi connectivity index (χ1) is 21.5. The van der Waals surface area contributed by atoms with Crippen molar-refractivity contribution in [1.82, 2.24) is 10.3 Å². The van der Waals surface area contributed by atoms with Gasteiger partial charge in [0.25, 0.3) is 0 Å². The highest BCUT2D eigenvalue weighted by atomic mass is 79.9. The van der Waals surface area contributed by atoms with E-state index in [1.807, 2.05) is 94.6 Å². The van der Waals surface area contributed by atoms with Gasteiger partial charge < -0.3 is 53.5 Å². The Morgan fingerprint density at radius 2 is 0.830 bits per heavy atom. The number of hydrogen-bond acceptors (Lipinski definition) is 5. The van der Waals surface area contributed by atoms with E-state index in [4.69, 9.17) is 4.63 Å². The van der Waals surface area contributed by atoms with Crippen molar-refractivity contribution in [2.75, 3.05) is 0 Å². The minimum absolute atomic E-state index is 0. The van der Waals surface area contributed by atoms with E-state index in [0.717, 1.165) is 33.4 Å². The topological polar surface area (TPSA) is 162 Å². The van der Waals surface area contributed by atoms with E-state index in [1.54, 1.807) is 24.3 Å². The van der Waals surface area contributed by atoms with Crippen LogP contribution in [0.25, 0.3) is 33.3 Å². The second-order valence-corrected chi connectivity index (χ2v) is 14.2. The Morgan fingerprint density at radius 3 is 1.15 bits per heavy atom. The van der Waals surface area contributed by atoms with Crippen LogP contribution in [0.4, 0.5) is 0 Å². The molecule has 0 spiro atoms. The molecule has 11 nitrogen and oxygen atoms in total. The highest BCUT2D eigenvalue weighted by Gasteiger charge is 2.18. The lowest BCUT2D eigenvalue weighted by Crippen LogP contribution is -3.00. The van der Waals surface area contributed by atoms with Crippen molar-refractivity contribution in [3.05, 3.63) is 132 Å². The average molecular weight is 804 g/mol. The molecular formula is C32H30Br2N4O7P2. The van der Waals surface area contributed by atoms with Crippen LogP contribution in [0, 0.1) is 0 Å². The molecule has 0 bridgehead atoms. The molecule has 0 radical (unpaired) electrons. The summed E-state index contributed by atoms with van der Waals surface area (Å²) >= 11 is 0. The van der Waals surface area contributed by atoms with Gasteiger partial charge in [0.2, 0.25) is 0 Å². The van der Waals surface area contributed by atoms with Crippen LogP contribution in [0.3, 0.4) is 0 Å². The van der Waals surface area contributed by atoms with Gasteiger partial charge in [-0.15, -0.1) is 0 Å². The quantitative estimate of drug-likeness (QED) is 0.0965. The van der Waals surface area contributed by atoms with Crippen molar-refractivity contribution in [3.8, 4) is 22.3 Å². The van der Waals surface area contributed by atoms with E-state index >= 15 is 0 Å². The van der Waals surface area contributed by atoms with Crippen molar-refractivity contribution >= 4 is 26.2 Å². The molecule has 0 saturated carbocycles. The van der Waals surface area contributed by atoms with Crippen molar-refractivity contribution in [2.45, 2.75) is 25.4 Å². The summed E-state index contributed by atoms with van der Waals surface area (Å²) in [6.07, 6.45) is 7.32. The number of pyridine rings is 2. The van der Waals surface area contributed by atoms with Gasteiger partial charge in [-0.3, -0.25) is 9.13 Å². The maximum Gasteiger partial charge on any atom is 0.329 e. The van der Waals surface area contributed by atoms with E-state index in [1.165, 1.54) is 0 Å². The first kappa shape index (κ1) is 36.5. The summed E-state index contributed by atoms with van der Waals surface area (Å²) < 4.78 is 31.7. The fourth-order valence-electron chi connectivity index (χ4n) is 5.21. The molecule has 0 atom stereocenters. The number of aromatic nitrogens is 4. The predicted octanol–water partition coefficient (Wildman–Crippen LogP) is -1.41. The first-order valence-corrected chi connectivity index (χ1v) is 17.6. The molecular weight excluding hydrogens is 774 g/mol. The third-order valence-corrected chi connectivity index (χ3v) is 8.93. The van der Waals surface area contributed by atoms with Gasteiger partial charge in [0.05, 0.1) is 12.3 Å². The highest BCUT2D eigenvalue weighted by Crippen LogP contribution is 2.39. The fourth-order valence-corrected chi connectivity index (χ4v) is 6.59. The smallest absolute Gasteiger partial charge is 0.329 e. The van der Waals surface area contributed by atoms with Crippen LogP contribution < -0.4 is 43.1 Å². The molecule has 0 unspecified atom stereocenters. The van der Waals surface area contributed by atoms with Crippen LogP contribution in [-0.2, 0) is 34.5 Å². The molecule has 0 amide bonds. The summed E-state index contributed by atoms with van der Waals surface area (Å²) in [7, 11) is -8.20. The molecule has 0 aliphatic carbocycles. The number of nitrogens with zero attached hydrogens (tertiary/aromatic N) is 4. The number of fused-ring (bicyclic) bond motifs is 1. The molecule has 6 aromatic rings. The van der Waals surface area contributed by atoms with Gasteiger partial charge in [-0.2, -0.15) is 0 Å². The Labute approximate surface area is 291 Å². The van der Waals surface area contributed by atoms with Crippen molar-refractivity contribution in [3.63, 3.8) is 0 Å². The fraction of sp³-hybridized carbons (Fsp3) is 0.125. The van der Waals surface area contributed by atoms with Gasteiger partial charge >= 0.3 is 15.2 Å². The third-order valence-electron chi connectivity index (χ3n) is 7.37. The SMILES string of the molecule is O=P(O)(O)Cc1ccc(C[n+]2ccc(-c3ccc(-c4cc[n+](Cc5ccc(CP(=O)(O)O)cc5)cc4)c4nonc34)cc2)cc1.[Br-].[Br-]. The van der Waals surface area contributed by atoms with E-state index in [9.17, 15) is 28.7 Å². The largest absolute Gasteiger partial charge is 1.00 e. The zero-order chi connectivity index (χ0) is 31.6. The van der Waals surface area contributed by atoms with Gasteiger partial charge in [-0.25, -0.2) is 13.8 Å². The van der Waals surface area contributed by atoms with Crippen LogP contribution in [0.2, 0.25) is 0 Å². The van der Waals surface area contributed by atoms with Crippen LogP contribution in [0.15, 0.2) is 114 Å². The zero-order valence-corrected chi connectivity index (χ0v) is 29.6. The lowest BCUT2D eigenvalue weighted by Gasteiger charge is -2.07. The molecule has 15 heteroatoms. The highest BCUT2D eigenvalue weighted by molar-refractivity contribution is 7.51. The Hall–Kier alpha value is -3.38. The second kappa shape index (κ2) is 15.2. The standard InChI is InChI=1S/C32H28N4O7P2.2BrH/c37-44(38,39)21-25-5-1-23(2-6-25)19-35-15-11-27(12-16-35)29-9-10-30(32-31(29)33-43-34-32)28-13-17-36(18-14-28)20-24-3-7-26(8-4-24)22-45(40,41)42;;/h1-18H,19-22H2,(H2-2,37,38,39,40,41,42);2*1H. The second-order valence-electron chi connectivity index (χ2n) is 10.9. The molecule has 6 rings (SSSR count). The Morgan fingerprint density at radius 1 is 0.511 bits per heavy atom. The van der Waals surface area contributed by atoms with Crippen LogP contribution >= 0.6 is 15.2 Å². The Balaban J connectivity index is 0.00000250. The van der Waals surface area contributed by atoms with Gasteiger partial charge in [0.1, 0.15) is 11.0 Å². The summed E-state index contributed by atoms with van der Waals surface area (Å²) in [6.45, 7) is 1.21. The van der Waals surface area contributed by atoms with E-state index in [0.29, 0.717) is 35.2 Å². The molecule has 47 heavy (non-hydrogen) atoms. The van der Waals surface area contributed by atoms with Crippen molar-refractivity contribution in [1.29, 1.82) is 0 Å². The molecule has 244 valence electrons. The Bertz CT molecular complexity index is 1900. The lowest BCUT2D eigenvalue weighted by atomic mass is 9.99. The maximum absolute atomic E-state index is 11.2. The number of hydrogen-bond donors (Lipinski definition) is 4. The van der Waals surface area contributed by atoms with Crippen LogP contribution in [0.1, 0.15) is 22.3 Å². The molecule has 3 aromatic heterocycles. The first-order valence-electron chi connectivity index (χ1n) is 14.0. The van der Waals surface area contributed by atoms with E-state index in [-0.39, 0.29) is 46.3 Å². The zero-order valence-electron chi connectivity index (χ0n) is 24.7. The normalized spacial score (nSPS) is 11.6. The molecule has 0 aliphatic heterocycles. The summed E-state index contributed by atoms with van der Waals surface area (Å²) in [5.74, 6) is 0. The van der Waals surface area contributed by atoms with Gasteiger partial charge in [-0.1, -0.05) is 60.7 Å².